The number of rotatable bonds is 0. The van der Waals surface area contributed by atoms with Gasteiger partial charge in [0.1, 0.15) is 0 Å². The highest BCUT2D eigenvalue weighted by molar-refractivity contribution is 7.78. The summed E-state index contributed by atoms with van der Waals surface area (Å²) in [7, 11) is 0. The Hall–Kier alpha value is -0.930. The molecule has 0 atom stereocenters. The van der Waals surface area contributed by atoms with Crippen molar-refractivity contribution in [3.63, 3.8) is 0 Å². The smallest absolute Gasteiger partial charge is 0.291 e. The molecular weight excluding hydrogens is 112 g/mol. The van der Waals surface area contributed by atoms with Gasteiger partial charge in [0.25, 0.3) is 0 Å². The second-order valence-corrected chi connectivity index (χ2v) is 0.806. The Bertz CT molecular complexity index is 77.7. The summed E-state index contributed by atoms with van der Waals surface area (Å²) in [6.07, 6.45) is 0. The molecular formula is C2H7N4S+. The summed E-state index contributed by atoms with van der Waals surface area (Å²) in [5.41, 5.74) is 9.17. The van der Waals surface area contributed by atoms with E-state index in [4.69, 9.17) is 5.41 Å². The van der Waals surface area contributed by atoms with Crippen LogP contribution in [0.1, 0.15) is 0 Å². The van der Waals surface area contributed by atoms with E-state index in [1.54, 1.807) is 5.16 Å². The van der Waals surface area contributed by atoms with Crippen LogP contribution in [-0.2, 0) is 0 Å². The van der Waals surface area contributed by atoms with Crippen LogP contribution in [0, 0.1) is 5.41 Å². The second kappa shape index (κ2) is 8.91. The average molecular weight is 119 g/mol. The van der Waals surface area contributed by atoms with Crippen molar-refractivity contribution in [1.29, 1.82) is 5.41 Å². The van der Waals surface area contributed by atoms with Gasteiger partial charge in [-0.05, 0) is 12.2 Å². The number of hydrogen-bond donors (Lipinski definition) is 4. The Kier molecular flexibility index (Phi) is 12.0. The molecule has 0 aromatic rings. The van der Waals surface area contributed by atoms with E-state index in [1.807, 2.05) is 0 Å². The molecule has 0 spiro atoms. The minimum Gasteiger partial charge on any atom is -0.291 e. The van der Waals surface area contributed by atoms with E-state index in [2.05, 4.69) is 29.1 Å². The molecule has 4 nitrogen and oxygen atoms in total. The fourth-order valence-corrected chi connectivity index (χ4v) is 0. The molecule has 7 heavy (non-hydrogen) atoms. The van der Waals surface area contributed by atoms with Crippen molar-refractivity contribution in [3.05, 3.63) is 0 Å². The van der Waals surface area contributed by atoms with Gasteiger partial charge in [-0.15, -0.1) is 0 Å². The Morgan fingerprint density at radius 3 is 1.71 bits per heavy atom. The molecule has 7 N–H and O–H groups in total. The quantitative estimate of drug-likeness (QED) is 0.164. The number of hydrogen-bond acceptors (Lipinski definition) is 2. The SMILES string of the molecule is N=C=S.NC(N)=[NH2+]. The molecule has 0 heterocycles. The fraction of sp³-hybridized carbons (Fsp3) is 0. The molecule has 5 heteroatoms. The predicted octanol–water partition coefficient (Wildman–Crippen LogP) is -2.31. The third kappa shape index (κ3) is 55.2. The van der Waals surface area contributed by atoms with Gasteiger partial charge >= 0.3 is 5.96 Å². The molecule has 0 amide bonds. The van der Waals surface area contributed by atoms with Gasteiger partial charge in [0.05, 0.1) is 5.16 Å². The van der Waals surface area contributed by atoms with Gasteiger partial charge in [-0.1, -0.05) is 0 Å². The first-order valence-corrected chi connectivity index (χ1v) is 1.73. The highest BCUT2D eigenvalue weighted by Crippen LogP contribution is 1.16. The number of thiocarbonyl (C=S) groups is 1. The minimum absolute atomic E-state index is 0.0833. The lowest BCUT2D eigenvalue weighted by Gasteiger charge is -1.59. The maximum atomic E-state index is 5.77. The fourth-order valence-electron chi connectivity index (χ4n) is 0. The van der Waals surface area contributed by atoms with Crippen molar-refractivity contribution in [2.24, 2.45) is 11.5 Å². The molecule has 0 bridgehead atoms. The molecule has 0 aliphatic carbocycles. The first kappa shape index (κ1) is 9.42. The Morgan fingerprint density at radius 2 is 1.71 bits per heavy atom. The first-order chi connectivity index (χ1) is 3.15. The number of guanidine groups is 1. The zero-order valence-corrected chi connectivity index (χ0v) is 4.46. The lowest BCUT2D eigenvalue weighted by Crippen LogP contribution is -2.51. The Morgan fingerprint density at radius 1 is 1.71 bits per heavy atom. The summed E-state index contributed by atoms with van der Waals surface area (Å²) in [4.78, 5) is 0. The number of nitrogens with two attached hydrogens (primary N) is 3. The largest absolute Gasteiger partial charge is 0.336 e. The van der Waals surface area contributed by atoms with E-state index in [0.29, 0.717) is 0 Å². The van der Waals surface area contributed by atoms with Crippen LogP contribution in [0.2, 0.25) is 0 Å². The van der Waals surface area contributed by atoms with E-state index >= 15 is 0 Å². The van der Waals surface area contributed by atoms with Gasteiger partial charge in [-0.3, -0.25) is 16.9 Å². The third-order valence-corrected chi connectivity index (χ3v) is 0. The maximum absolute atomic E-state index is 5.77. The Labute approximate surface area is 46.5 Å². The highest BCUT2D eigenvalue weighted by atomic mass is 32.1. The first-order valence-electron chi connectivity index (χ1n) is 1.32. The van der Waals surface area contributed by atoms with Gasteiger partial charge in [-0.2, -0.15) is 0 Å². The normalized spacial score (nSPS) is 4.57. The van der Waals surface area contributed by atoms with Gasteiger partial charge in [0.15, 0.2) is 0 Å². The number of nitrogens with one attached hydrogen (secondary N) is 1. The van der Waals surface area contributed by atoms with E-state index in [0.717, 1.165) is 0 Å². The summed E-state index contributed by atoms with van der Waals surface area (Å²) in [6.45, 7) is 0. The topological polar surface area (TPSA) is 101 Å². The molecule has 0 rings (SSSR count). The molecule has 0 saturated heterocycles. The Balaban J connectivity index is 0. The molecule has 0 aliphatic heterocycles. The third-order valence-electron chi connectivity index (χ3n) is 0. The van der Waals surface area contributed by atoms with Gasteiger partial charge < -0.3 is 0 Å². The van der Waals surface area contributed by atoms with Crippen LogP contribution in [0.3, 0.4) is 0 Å². The van der Waals surface area contributed by atoms with Crippen molar-refractivity contribution in [3.8, 4) is 0 Å². The summed E-state index contributed by atoms with van der Waals surface area (Å²) in [5, 5.41) is 11.9. The van der Waals surface area contributed by atoms with Crippen LogP contribution in [0.15, 0.2) is 0 Å². The molecule has 0 aromatic carbocycles. The maximum Gasteiger partial charge on any atom is 0.336 e. The lowest BCUT2D eigenvalue weighted by molar-refractivity contribution is -0.116. The summed E-state index contributed by atoms with van der Waals surface area (Å²) in [6, 6.07) is 0. The molecule has 40 valence electrons. The average Bonchev–Trinajstić information content (AvgIpc) is 1.33. The standard InChI is InChI=1S/CH5N3.CHNS/c2-1(3)4;2-1-3/h(H5,2,3,4);2H/p+1. The van der Waals surface area contributed by atoms with Crippen molar-refractivity contribution >= 4 is 23.3 Å². The minimum atomic E-state index is -0.0833. The van der Waals surface area contributed by atoms with E-state index in [9.17, 15) is 0 Å². The van der Waals surface area contributed by atoms with Crippen LogP contribution >= 0.6 is 12.2 Å². The van der Waals surface area contributed by atoms with E-state index in [1.165, 1.54) is 0 Å². The van der Waals surface area contributed by atoms with E-state index in [-0.39, 0.29) is 5.96 Å². The van der Waals surface area contributed by atoms with Gasteiger partial charge in [0.2, 0.25) is 0 Å². The van der Waals surface area contributed by atoms with E-state index < -0.39 is 0 Å². The van der Waals surface area contributed by atoms with Crippen LogP contribution in [0.25, 0.3) is 0 Å². The van der Waals surface area contributed by atoms with Crippen molar-refractivity contribution in [2.75, 3.05) is 0 Å². The summed E-state index contributed by atoms with van der Waals surface area (Å²) in [5.74, 6) is -0.0833. The monoisotopic (exact) mass is 119 g/mol. The summed E-state index contributed by atoms with van der Waals surface area (Å²) >= 11 is 3.81. The lowest BCUT2D eigenvalue weighted by atomic mass is 11.1. The zero-order valence-electron chi connectivity index (χ0n) is 3.64. The van der Waals surface area contributed by atoms with Crippen molar-refractivity contribution in [1.82, 2.24) is 0 Å². The van der Waals surface area contributed by atoms with Crippen LogP contribution < -0.4 is 16.9 Å². The van der Waals surface area contributed by atoms with Crippen molar-refractivity contribution < 1.29 is 5.41 Å². The molecule has 0 saturated carbocycles. The van der Waals surface area contributed by atoms with Gasteiger partial charge in [0, 0.05) is 0 Å². The summed E-state index contributed by atoms with van der Waals surface area (Å²) < 4.78 is 0. The second-order valence-electron chi connectivity index (χ2n) is 0.602. The molecule has 0 aromatic heterocycles. The number of isothiocyanates is 1. The van der Waals surface area contributed by atoms with Crippen molar-refractivity contribution in [2.45, 2.75) is 0 Å². The molecule has 0 aliphatic rings. The van der Waals surface area contributed by atoms with Crippen LogP contribution in [-0.4, -0.2) is 11.1 Å². The highest BCUT2D eigenvalue weighted by Gasteiger charge is 1.64. The van der Waals surface area contributed by atoms with Crippen LogP contribution in [0.5, 0.6) is 0 Å². The molecule has 0 fully saturated rings. The zero-order chi connectivity index (χ0) is 6.28. The molecule has 0 unspecified atom stereocenters. The van der Waals surface area contributed by atoms with Crippen LogP contribution in [0.4, 0.5) is 0 Å². The molecule has 0 radical (unpaired) electrons. The van der Waals surface area contributed by atoms with Gasteiger partial charge in [-0.25, -0.2) is 5.41 Å². The predicted molar refractivity (Wildman–Crippen MR) is 30.6 cm³/mol.